The lowest BCUT2D eigenvalue weighted by Crippen LogP contribution is -2.36. The van der Waals surface area contributed by atoms with E-state index in [-0.39, 0.29) is 35.8 Å². The number of hydrogen-bond donors (Lipinski definition) is 2. The first-order chi connectivity index (χ1) is 9.93. The predicted octanol–water partition coefficient (Wildman–Crippen LogP) is 4.14. The molecule has 23 heavy (non-hydrogen) atoms. The maximum atomic E-state index is 12.9. The molecule has 0 unspecified atom stereocenters. The van der Waals surface area contributed by atoms with Gasteiger partial charge in [-0.1, -0.05) is 32.9 Å². The average Bonchev–Trinajstić information content (AvgIpc) is 2.37. The van der Waals surface area contributed by atoms with Crippen LogP contribution in [0.1, 0.15) is 38.9 Å². The van der Waals surface area contributed by atoms with E-state index < -0.39 is 24.4 Å². The Bertz CT molecular complexity index is 495. The summed E-state index contributed by atoms with van der Waals surface area (Å²) in [6.45, 7) is 5.73. The number of aliphatic hydroxyl groups excluding tert-OH is 1. The quantitative estimate of drug-likeness (QED) is 0.750. The summed E-state index contributed by atoms with van der Waals surface area (Å²) in [7, 11) is 0. The van der Waals surface area contributed by atoms with Gasteiger partial charge in [0.05, 0.1) is 6.10 Å². The molecule has 0 spiro atoms. The number of benzene rings is 1. The van der Waals surface area contributed by atoms with Crippen LogP contribution in [0.25, 0.3) is 0 Å². The third kappa shape index (κ3) is 6.53. The van der Waals surface area contributed by atoms with Gasteiger partial charge in [0.1, 0.15) is 5.75 Å². The van der Waals surface area contributed by atoms with Crippen molar-refractivity contribution < 1.29 is 27.4 Å². The van der Waals surface area contributed by atoms with Crippen molar-refractivity contribution in [1.29, 1.82) is 0 Å². The fourth-order valence-electron chi connectivity index (χ4n) is 1.72. The average molecular weight is 360 g/mol. The largest absolute Gasteiger partial charge is 0.461 e. The number of nitrogens with two attached hydrogens (primary N) is 1. The minimum absolute atomic E-state index is 0. The Morgan fingerprint density at radius 3 is 2.26 bits per heavy atom. The van der Waals surface area contributed by atoms with Crippen molar-refractivity contribution >= 4 is 12.4 Å². The predicted molar refractivity (Wildman–Crippen MR) is 82.3 cm³/mol. The van der Waals surface area contributed by atoms with E-state index >= 15 is 0 Å². The molecular weight excluding hydrogens is 338 g/mol. The third-order valence-electron chi connectivity index (χ3n) is 3.34. The highest BCUT2D eigenvalue weighted by molar-refractivity contribution is 5.85. The molecule has 0 saturated heterocycles. The van der Waals surface area contributed by atoms with Gasteiger partial charge in [0.15, 0.2) is 0 Å². The molecule has 0 bridgehead atoms. The van der Waals surface area contributed by atoms with Crippen LogP contribution in [0.5, 0.6) is 5.75 Å². The molecule has 2 atom stereocenters. The number of ether oxygens (including phenoxy) is 1. The summed E-state index contributed by atoms with van der Waals surface area (Å²) >= 11 is 0. The minimum Gasteiger partial charge on any atom is -0.428 e. The molecule has 0 amide bonds. The number of alkyl halides is 4. The standard InChI is InChI=1S/C15H21F4NO2.ClH/c1-14(2,3)12(20)8-11(21)9-5-4-6-10(7-9)22-15(18,19)13(16)17;/h4-7,11-13,21H,8,20H2,1-3H3;1H/t11-,12-;/m1./s1. The summed E-state index contributed by atoms with van der Waals surface area (Å²) in [6.07, 6.45) is -9.31. The first-order valence-corrected chi connectivity index (χ1v) is 6.82. The zero-order valence-corrected chi connectivity index (χ0v) is 13.9. The molecule has 0 aliphatic carbocycles. The molecule has 0 radical (unpaired) electrons. The van der Waals surface area contributed by atoms with Crippen molar-refractivity contribution in [2.45, 2.75) is 51.9 Å². The maximum Gasteiger partial charge on any atom is 0.461 e. The van der Waals surface area contributed by atoms with Crippen molar-refractivity contribution in [3.8, 4) is 5.75 Å². The van der Waals surface area contributed by atoms with Crippen LogP contribution in [0, 0.1) is 5.41 Å². The molecule has 0 fully saturated rings. The summed E-state index contributed by atoms with van der Waals surface area (Å²) in [6, 6.07) is 4.74. The van der Waals surface area contributed by atoms with Crippen LogP contribution < -0.4 is 10.5 Å². The van der Waals surface area contributed by atoms with E-state index in [1.54, 1.807) is 0 Å². The monoisotopic (exact) mass is 359 g/mol. The summed E-state index contributed by atoms with van der Waals surface area (Å²) in [5.74, 6) is -0.439. The Balaban J connectivity index is 0.00000484. The van der Waals surface area contributed by atoms with Gasteiger partial charge in [0.2, 0.25) is 0 Å². The molecule has 1 aromatic carbocycles. The van der Waals surface area contributed by atoms with Crippen LogP contribution in [-0.2, 0) is 0 Å². The smallest absolute Gasteiger partial charge is 0.428 e. The Morgan fingerprint density at radius 1 is 1.22 bits per heavy atom. The van der Waals surface area contributed by atoms with Gasteiger partial charge in [-0.05, 0) is 29.5 Å². The van der Waals surface area contributed by atoms with Gasteiger partial charge < -0.3 is 15.6 Å². The molecular formula is C15H22ClF4NO2. The van der Waals surface area contributed by atoms with Crippen molar-refractivity contribution in [3.63, 3.8) is 0 Å². The molecule has 1 rings (SSSR count). The summed E-state index contributed by atoms with van der Waals surface area (Å²) < 4.78 is 54.0. The highest BCUT2D eigenvalue weighted by Crippen LogP contribution is 2.31. The van der Waals surface area contributed by atoms with E-state index in [4.69, 9.17) is 5.73 Å². The van der Waals surface area contributed by atoms with Gasteiger partial charge in [-0.15, -0.1) is 12.4 Å². The van der Waals surface area contributed by atoms with E-state index in [0.717, 1.165) is 12.1 Å². The Kier molecular flexibility index (Phi) is 7.80. The maximum absolute atomic E-state index is 12.9. The van der Waals surface area contributed by atoms with Gasteiger partial charge in [0, 0.05) is 6.04 Å². The van der Waals surface area contributed by atoms with E-state index in [0.29, 0.717) is 0 Å². The molecule has 0 aliphatic rings. The number of aliphatic hydroxyl groups is 1. The molecule has 3 N–H and O–H groups in total. The lowest BCUT2D eigenvalue weighted by Gasteiger charge is -2.29. The molecule has 3 nitrogen and oxygen atoms in total. The van der Waals surface area contributed by atoms with Crippen LogP contribution in [0.4, 0.5) is 17.6 Å². The van der Waals surface area contributed by atoms with Crippen LogP contribution in [0.15, 0.2) is 24.3 Å². The fraction of sp³-hybridized carbons (Fsp3) is 0.600. The van der Waals surface area contributed by atoms with Crippen LogP contribution in [-0.4, -0.2) is 23.7 Å². The molecule has 0 saturated carbocycles. The second-order valence-corrected chi connectivity index (χ2v) is 6.26. The first kappa shape index (κ1) is 21.9. The number of hydrogen-bond acceptors (Lipinski definition) is 3. The third-order valence-corrected chi connectivity index (χ3v) is 3.34. The summed E-state index contributed by atoms with van der Waals surface area (Å²) in [5.41, 5.74) is 6.00. The topological polar surface area (TPSA) is 55.5 Å². The lowest BCUT2D eigenvalue weighted by atomic mass is 9.83. The van der Waals surface area contributed by atoms with Gasteiger partial charge in [-0.2, -0.15) is 17.6 Å². The van der Waals surface area contributed by atoms with Crippen molar-refractivity contribution in [2.75, 3.05) is 0 Å². The van der Waals surface area contributed by atoms with Gasteiger partial charge in [0.25, 0.3) is 0 Å². The van der Waals surface area contributed by atoms with E-state index in [1.165, 1.54) is 12.1 Å². The highest BCUT2D eigenvalue weighted by Gasteiger charge is 2.44. The van der Waals surface area contributed by atoms with Crippen LogP contribution in [0.2, 0.25) is 0 Å². The Labute approximate surface area is 139 Å². The van der Waals surface area contributed by atoms with Crippen molar-refractivity contribution in [3.05, 3.63) is 29.8 Å². The SMILES string of the molecule is CC(C)(C)[C@H](N)C[C@@H](O)c1cccc(OC(F)(F)C(F)F)c1.Cl. The first-order valence-electron chi connectivity index (χ1n) is 6.82. The van der Waals surface area contributed by atoms with Crippen LogP contribution >= 0.6 is 12.4 Å². The van der Waals surface area contributed by atoms with E-state index in [1.807, 2.05) is 20.8 Å². The highest BCUT2D eigenvalue weighted by atomic mass is 35.5. The summed E-state index contributed by atoms with van der Waals surface area (Å²) in [4.78, 5) is 0. The number of halogens is 5. The Hall–Kier alpha value is -1.05. The van der Waals surface area contributed by atoms with Crippen molar-refractivity contribution in [1.82, 2.24) is 0 Å². The zero-order valence-electron chi connectivity index (χ0n) is 13.1. The Morgan fingerprint density at radius 2 is 1.78 bits per heavy atom. The second-order valence-electron chi connectivity index (χ2n) is 6.26. The normalized spacial score (nSPS) is 15.0. The molecule has 0 aromatic heterocycles. The molecule has 0 heterocycles. The summed E-state index contributed by atoms with van der Waals surface area (Å²) in [5, 5.41) is 10.1. The molecule has 8 heteroatoms. The van der Waals surface area contributed by atoms with E-state index in [2.05, 4.69) is 4.74 Å². The van der Waals surface area contributed by atoms with Gasteiger partial charge in [-0.3, -0.25) is 0 Å². The molecule has 0 aliphatic heterocycles. The molecule has 134 valence electrons. The van der Waals surface area contributed by atoms with E-state index in [9.17, 15) is 22.7 Å². The van der Waals surface area contributed by atoms with Crippen molar-refractivity contribution in [2.24, 2.45) is 11.1 Å². The van der Waals surface area contributed by atoms with Gasteiger partial charge in [-0.25, -0.2) is 0 Å². The second kappa shape index (κ2) is 8.17. The minimum atomic E-state index is -4.58. The zero-order chi connectivity index (χ0) is 17.1. The molecule has 1 aromatic rings. The van der Waals surface area contributed by atoms with Crippen LogP contribution in [0.3, 0.4) is 0 Å². The number of rotatable bonds is 6. The van der Waals surface area contributed by atoms with Gasteiger partial charge >= 0.3 is 12.5 Å². The lowest BCUT2D eigenvalue weighted by molar-refractivity contribution is -0.253. The fourth-order valence-corrected chi connectivity index (χ4v) is 1.72.